The first-order valence-corrected chi connectivity index (χ1v) is 10.5. The molecule has 0 atom stereocenters. The molecule has 0 aliphatic heterocycles. The number of para-hydroxylation sites is 1. The fourth-order valence-corrected chi connectivity index (χ4v) is 3.91. The van der Waals surface area contributed by atoms with Crippen molar-refractivity contribution in [3.05, 3.63) is 58.0 Å². The largest absolute Gasteiger partial charge is 0.309 e. The average Bonchev–Trinajstić information content (AvgIpc) is 3.44. The Kier molecular flexibility index (Phi) is 5.57. The minimum absolute atomic E-state index is 0.162. The number of hydrogen-bond donors (Lipinski definition) is 1. The third-order valence-corrected chi connectivity index (χ3v) is 5.91. The standard InChI is InChI=1S/C19H17Cl2N5OS/c1-11-14(20)9-15(21)17(22-11)23-16(27)10-28-19-25-24-18(12-7-8-12)26(19)13-5-3-2-4-6-13/h2-6,9,12H,7-8,10H2,1H3,(H,22,23,27). The second kappa shape index (κ2) is 8.11. The molecule has 0 bridgehead atoms. The van der Waals surface area contributed by atoms with E-state index in [0.717, 1.165) is 24.4 Å². The number of nitrogens with one attached hydrogen (secondary N) is 1. The molecule has 0 unspecified atom stereocenters. The number of aromatic nitrogens is 4. The second-order valence-electron chi connectivity index (χ2n) is 6.51. The van der Waals surface area contributed by atoms with Crippen molar-refractivity contribution in [2.24, 2.45) is 0 Å². The average molecular weight is 434 g/mol. The van der Waals surface area contributed by atoms with Crippen LogP contribution in [0.15, 0.2) is 41.6 Å². The highest BCUT2D eigenvalue weighted by molar-refractivity contribution is 7.99. The highest BCUT2D eigenvalue weighted by Gasteiger charge is 2.31. The summed E-state index contributed by atoms with van der Waals surface area (Å²) in [4.78, 5) is 16.6. The molecule has 1 aliphatic rings. The van der Waals surface area contributed by atoms with E-state index < -0.39 is 0 Å². The molecule has 1 amide bonds. The molecule has 0 saturated heterocycles. The number of halogens is 2. The lowest BCUT2D eigenvalue weighted by atomic mass is 10.3. The van der Waals surface area contributed by atoms with E-state index in [1.807, 2.05) is 34.9 Å². The molecular weight excluding hydrogens is 417 g/mol. The van der Waals surface area contributed by atoms with Crippen LogP contribution in [0, 0.1) is 6.92 Å². The number of aryl methyl sites for hydroxylation is 1. The van der Waals surface area contributed by atoms with Crippen molar-refractivity contribution in [1.29, 1.82) is 0 Å². The Bertz CT molecular complexity index is 1020. The number of carbonyl (C=O) groups is 1. The Morgan fingerprint density at radius 1 is 1.21 bits per heavy atom. The molecule has 144 valence electrons. The number of rotatable bonds is 6. The lowest BCUT2D eigenvalue weighted by Crippen LogP contribution is -2.16. The highest BCUT2D eigenvalue weighted by atomic mass is 35.5. The van der Waals surface area contributed by atoms with Gasteiger partial charge < -0.3 is 5.32 Å². The van der Waals surface area contributed by atoms with Crippen LogP contribution in [0.2, 0.25) is 10.0 Å². The summed E-state index contributed by atoms with van der Waals surface area (Å²) >= 11 is 13.4. The summed E-state index contributed by atoms with van der Waals surface area (Å²) < 4.78 is 2.04. The van der Waals surface area contributed by atoms with E-state index in [4.69, 9.17) is 23.2 Å². The summed E-state index contributed by atoms with van der Waals surface area (Å²) in [7, 11) is 0. The first-order valence-electron chi connectivity index (χ1n) is 8.79. The SMILES string of the molecule is Cc1nc(NC(=O)CSc2nnc(C3CC3)n2-c2ccccc2)c(Cl)cc1Cl. The third-order valence-electron chi connectivity index (χ3n) is 4.31. The number of carbonyl (C=O) groups excluding carboxylic acids is 1. The summed E-state index contributed by atoms with van der Waals surface area (Å²) in [6.45, 7) is 1.75. The fourth-order valence-electron chi connectivity index (χ4n) is 2.74. The smallest absolute Gasteiger partial charge is 0.236 e. The van der Waals surface area contributed by atoms with Crippen LogP contribution in [0.1, 0.15) is 30.3 Å². The monoisotopic (exact) mass is 433 g/mol. The van der Waals surface area contributed by atoms with Gasteiger partial charge in [0.05, 0.1) is 21.5 Å². The molecular formula is C19H17Cl2N5OS. The van der Waals surface area contributed by atoms with Gasteiger partial charge in [0.25, 0.3) is 0 Å². The van der Waals surface area contributed by atoms with Crippen molar-refractivity contribution >= 4 is 46.7 Å². The minimum Gasteiger partial charge on any atom is -0.309 e. The number of benzene rings is 1. The second-order valence-corrected chi connectivity index (χ2v) is 8.27. The fraction of sp³-hybridized carbons (Fsp3) is 0.263. The van der Waals surface area contributed by atoms with Crippen molar-refractivity contribution in [3.63, 3.8) is 0 Å². The first-order chi connectivity index (χ1) is 13.5. The molecule has 0 spiro atoms. The van der Waals surface area contributed by atoms with Gasteiger partial charge in [-0.25, -0.2) is 4.98 Å². The molecule has 1 aromatic carbocycles. The Labute approximate surface area is 176 Å². The van der Waals surface area contributed by atoms with Gasteiger partial charge in [-0.2, -0.15) is 0 Å². The van der Waals surface area contributed by atoms with E-state index in [1.54, 1.807) is 13.0 Å². The van der Waals surface area contributed by atoms with Crippen LogP contribution in [-0.4, -0.2) is 31.4 Å². The number of hydrogen-bond acceptors (Lipinski definition) is 5. The third kappa shape index (κ3) is 4.16. The number of pyridine rings is 1. The maximum Gasteiger partial charge on any atom is 0.236 e. The molecule has 1 aliphatic carbocycles. The van der Waals surface area contributed by atoms with Gasteiger partial charge in [-0.3, -0.25) is 9.36 Å². The molecule has 2 aromatic heterocycles. The molecule has 4 rings (SSSR count). The van der Waals surface area contributed by atoms with E-state index in [9.17, 15) is 4.79 Å². The summed E-state index contributed by atoms with van der Waals surface area (Å²) in [5.74, 6) is 1.63. The number of nitrogens with zero attached hydrogens (tertiary/aromatic N) is 4. The van der Waals surface area contributed by atoms with E-state index in [-0.39, 0.29) is 11.7 Å². The van der Waals surface area contributed by atoms with Gasteiger partial charge in [-0.15, -0.1) is 10.2 Å². The normalized spacial score (nSPS) is 13.5. The van der Waals surface area contributed by atoms with Crippen LogP contribution in [0.4, 0.5) is 5.82 Å². The van der Waals surface area contributed by atoms with E-state index in [0.29, 0.717) is 32.6 Å². The van der Waals surface area contributed by atoms with E-state index in [2.05, 4.69) is 20.5 Å². The predicted octanol–water partition coefficient (Wildman–Crippen LogP) is 4.89. The summed E-state index contributed by atoms with van der Waals surface area (Å²) in [5, 5.41) is 12.9. The molecule has 2 heterocycles. The van der Waals surface area contributed by atoms with Gasteiger partial charge >= 0.3 is 0 Å². The Hall–Kier alpha value is -2.09. The number of thioether (sulfide) groups is 1. The highest BCUT2D eigenvalue weighted by Crippen LogP contribution is 2.41. The Morgan fingerprint density at radius 2 is 1.96 bits per heavy atom. The van der Waals surface area contributed by atoms with Crippen LogP contribution < -0.4 is 5.32 Å². The molecule has 1 N–H and O–H groups in total. The molecule has 1 saturated carbocycles. The van der Waals surface area contributed by atoms with Crippen molar-refractivity contribution in [3.8, 4) is 5.69 Å². The summed E-state index contributed by atoms with van der Waals surface area (Å²) in [5.41, 5.74) is 1.60. The van der Waals surface area contributed by atoms with Crippen molar-refractivity contribution < 1.29 is 4.79 Å². The number of anilines is 1. The van der Waals surface area contributed by atoms with Crippen molar-refractivity contribution in [2.45, 2.75) is 30.8 Å². The summed E-state index contributed by atoms with van der Waals surface area (Å²) in [6, 6.07) is 11.5. The van der Waals surface area contributed by atoms with Crippen LogP contribution in [0.5, 0.6) is 0 Å². The quantitative estimate of drug-likeness (QED) is 0.560. The molecule has 1 fully saturated rings. The van der Waals surface area contributed by atoms with Crippen LogP contribution >= 0.6 is 35.0 Å². The van der Waals surface area contributed by atoms with Crippen molar-refractivity contribution in [2.75, 3.05) is 11.1 Å². The Balaban J connectivity index is 1.50. The lowest BCUT2D eigenvalue weighted by molar-refractivity contribution is -0.113. The molecule has 0 radical (unpaired) electrons. The maximum atomic E-state index is 12.4. The summed E-state index contributed by atoms with van der Waals surface area (Å²) in [6.07, 6.45) is 2.24. The zero-order chi connectivity index (χ0) is 19.7. The molecule has 28 heavy (non-hydrogen) atoms. The van der Waals surface area contributed by atoms with Gasteiger partial charge in [0.15, 0.2) is 11.0 Å². The molecule has 9 heteroatoms. The first kappa shape index (κ1) is 19.2. The zero-order valence-electron chi connectivity index (χ0n) is 15.0. The van der Waals surface area contributed by atoms with Gasteiger partial charge in [0.1, 0.15) is 5.82 Å². The van der Waals surface area contributed by atoms with E-state index >= 15 is 0 Å². The van der Waals surface area contributed by atoms with E-state index in [1.165, 1.54) is 11.8 Å². The maximum absolute atomic E-state index is 12.4. The minimum atomic E-state index is -0.225. The van der Waals surface area contributed by atoms with Gasteiger partial charge in [0, 0.05) is 11.6 Å². The van der Waals surface area contributed by atoms with Gasteiger partial charge in [-0.1, -0.05) is 53.2 Å². The van der Waals surface area contributed by atoms with Crippen LogP contribution in [0.25, 0.3) is 5.69 Å². The van der Waals surface area contributed by atoms with Crippen LogP contribution in [-0.2, 0) is 4.79 Å². The Morgan fingerprint density at radius 3 is 2.68 bits per heavy atom. The lowest BCUT2D eigenvalue weighted by Gasteiger charge is -2.10. The number of amides is 1. The predicted molar refractivity (Wildman–Crippen MR) is 112 cm³/mol. The molecule has 6 nitrogen and oxygen atoms in total. The zero-order valence-corrected chi connectivity index (χ0v) is 17.4. The van der Waals surface area contributed by atoms with Crippen molar-refractivity contribution in [1.82, 2.24) is 19.7 Å². The molecule has 3 aromatic rings. The van der Waals surface area contributed by atoms with Crippen LogP contribution in [0.3, 0.4) is 0 Å². The van der Waals surface area contributed by atoms with Gasteiger partial charge in [-0.05, 0) is 38.0 Å². The topological polar surface area (TPSA) is 72.7 Å². The van der Waals surface area contributed by atoms with Gasteiger partial charge in [0.2, 0.25) is 5.91 Å².